The number of methoxy groups -OCH3 is 1. The van der Waals surface area contributed by atoms with Gasteiger partial charge in [0.25, 0.3) is 5.88 Å². The molecule has 0 amide bonds. The van der Waals surface area contributed by atoms with Gasteiger partial charge in [-0.1, -0.05) is 0 Å². The van der Waals surface area contributed by atoms with Gasteiger partial charge in [-0.3, -0.25) is 0 Å². The largest absolute Gasteiger partial charge is 0.478 e. The summed E-state index contributed by atoms with van der Waals surface area (Å²) in [5.74, 6) is 0.784. The number of rotatable bonds is 4. The zero-order valence-corrected chi connectivity index (χ0v) is 10.9. The van der Waals surface area contributed by atoms with E-state index in [0.717, 1.165) is 0 Å². The zero-order valence-electron chi connectivity index (χ0n) is 10.1. The Balaban J connectivity index is 2.25. The SMILES string of the molecule is COc1nccnc1Nc1ccc(S(N)(=O)=O)cc1. The maximum absolute atomic E-state index is 11.1. The Labute approximate surface area is 110 Å². The highest BCUT2D eigenvalue weighted by Crippen LogP contribution is 2.22. The third-order valence-electron chi connectivity index (χ3n) is 2.30. The number of benzene rings is 1. The number of nitrogens with two attached hydrogens (primary N) is 1. The minimum atomic E-state index is -3.69. The van der Waals surface area contributed by atoms with Crippen LogP contribution < -0.4 is 15.2 Å². The van der Waals surface area contributed by atoms with Crippen molar-refractivity contribution in [3.05, 3.63) is 36.7 Å². The maximum Gasteiger partial charge on any atom is 0.257 e. The monoisotopic (exact) mass is 280 g/mol. The van der Waals surface area contributed by atoms with Gasteiger partial charge in [0.05, 0.1) is 12.0 Å². The van der Waals surface area contributed by atoms with E-state index < -0.39 is 10.0 Å². The van der Waals surface area contributed by atoms with Crippen molar-refractivity contribution in [1.29, 1.82) is 0 Å². The fraction of sp³-hybridized carbons (Fsp3) is 0.0909. The molecule has 0 atom stereocenters. The molecule has 1 heterocycles. The lowest BCUT2D eigenvalue weighted by Crippen LogP contribution is -2.11. The summed E-state index contributed by atoms with van der Waals surface area (Å²) in [6.07, 6.45) is 3.03. The summed E-state index contributed by atoms with van der Waals surface area (Å²) in [6.45, 7) is 0. The molecule has 19 heavy (non-hydrogen) atoms. The number of nitrogens with zero attached hydrogens (tertiary/aromatic N) is 2. The van der Waals surface area contributed by atoms with Crippen LogP contribution in [0.5, 0.6) is 5.88 Å². The van der Waals surface area contributed by atoms with Crippen LogP contribution in [0.25, 0.3) is 0 Å². The van der Waals surface area contributed by atoms with Gasteiger partial charge in [0.15, 0.2) is 5.82 Å². The number of anilines is 2. The normalized spacial score (nSPS) is 11.1. The Hall–Kier alpha value is -2.19. The van der Waals surface area contributed by atoms with Crippen molar-refractivity contribution in [2.75, 3.05) is 12.4 Å². The summed E-state index contributed by atoms with van der Waals surface area (Å²) < 4.78 is 27.3. The van der Waals surface area contributed by atoms with Crippen LogP contribution in [0.1, 0.15) is 0 Å². The highest BCUT2D eigenvalue weighted by molar-refractivity contribution is 7.89. The summed E-state index contributed by atoms with van der Waals surface area (Å²) in [5, 5.41) is 7.98. The molecule has 0 aliphatic carbocycles. The van der Waals surface area contributed by atoms with E-state index in [9.17, 15) is 8.42 Å². The standard InChI is InChI=1S/C11H12N4O3S/c1-18-11-10(13-6-7-14-11)15-8-2-4-9(5-3-8)19(12,16)17/h2-7H,1H3,(H,13,15)(H2,12,16,17). The highest BCUT2D eigenvalue weighted by Gasteiger charge is 2.08. The molecule has 0 bridgehead atoms. The molecule has 0 spiro atoms. The molecule has 2 rings (SSSR count). The molecule has 2 aromatic rings. The minimum Gasteiger partial charge on any atom is -0.478 e. The molecule has 100 valence electrons. The van der Waals surface area contributed by atoms with Gasteiger partial charge in [0.1, 0.15) is 0 Å². The molecule has 0 fully saturated rings. The van der Waals surface area contributed by atoms with Gasteiger partial charge < -0.3 is 10.1 Å². The van der Waals surface area contributed by atoms with Crippen molar-refractivity contribution in [2.24, 2.45) is 5.14 Å². The number of primary sulfonamides is 1. The van der Waals surface area contributed by atoms with E-state index in [2.05, 4.69) is 15.3 Å². The van der Waals surface area contributed by atoms with Crippen LogP contribution in [0.2, 0.25) is 0 Å². The predicted molar refractivity (Wildman–Crippen MR) is 69.7 cm³/mol. The quantitative estimate of drug-likeness (QED) is 0.860. The third kappa shape index (κ3) is 3.18. The van der Waals surface area contributed by atoms with Gasteiger partial charge in [-0.05, 0) is 24.3 Å². The maximum atomic E-state index is 11.1. The molecule has 0 aliphatic heterocycles. The van der Waals surface area contributed by atoms with E-state index in [1.54, 1.807) is 12.1 Å². The number of ether oxygens (including phenoxy) is 1. The first-order valence-corrected chi connectivity index (χ1v) is 6.80. The Bertz CT molecular complexity index is 671. The molecule has 7 nitrogen and oxygen atoms in total. The smallest absolute Gasteiger partial charge is 0.257 e. The van der Waals surface area contributed by atoms with Gasteiger partial charge in [0, 0.05) is 18.1 Å². The number of aromatic nitrogens is 2. The topological polar surface area (TPSA) is 107 Å². The molecule has 1 aromatic carbocycles. The van der Waals surface area contributed by atoms with E-state index in [1.165, 1.54) is 31.6 Å². The van der Waals surface area contributed by atoms with Crippen molar-refractivity contribution in [1.82, 2.24) is 9.97 Å². The van der Waals surface area contributed by atoms with E-state index in [1.807, 2.05) is 0 Å². The van der Waals surface area contributed by atoms with Crippen molar-refractivity contribution in [2.45, 2.75) is 4.90 Å². The Morgan fingerprint density at radius 2 is 1.79 bits per heavy atom. The van der Waals surface area contributed by atoms with E-state index in [0.29, 0.717) is 17.4 Å². The Kier molecular flexibility index (Phi) is 3.63. The minimum absolute atomic E-state index is 0.0455. The fourth-order valence-corrected chi connectivity index (χ4v) is 1.94. The molecule has 8 heteroatoms. The number of hydrogen-bond donors (Lipinski definition) is 2. The number of sulfonamides is 1. The van der Waals surface area contributed by atoms with Crippen LogP contribution in [0.4, 0.5) is 11.5 Å². The molecule has 0 radical (unpaired) electrons. The van der Waals surface area contributed by atoms with E-state index in [-0.39, 0.29) is 4.90 Å². The van der Waals surface area contributed by atoms with Crippen molar-refractivity contribution >= 4 is 21.5 Å². The second-order valence-corrected chi connectivity index (χ2v) is 5.17. The molecule has 0 saturated heterocycles. The molecule has 0 unspecified atom stereocenters. The molecule has 0 saturated carbocycles. The van der Waals surface area contributed by atoms with E-state index in [4.69, 9.17) is 9.88 Å². The summed E-state index contributed by atoms with van der Waals surface area (Å²) in [7, 11) is -2.20. The Morgan fingerprint density at radius 1 is 1.16 bits per heavy atom. The molecule has 0 aliphatic rings. The van der Waals surface area contributed by atoms with Gasteiger partial charge in [-0.15, -0.1) is 0 Å². The number of nitrogens with one attached hydrogen (secondary N) is 1. The first kappa shape index (κ1) is 13.2. The van der Waals surface area contributed by atoms with Crippen LogP contribution in [-0.2, 0) is 10.0 Å². The second kappa shape index (κ2) is 5.21. The van der Waals surface area contributed by atoms with Crippen molar-refractivity contribution in [3.8, 4) is 5.88 Å². The first-order valence-electron chi connectivity index (χ1n) is 5.25. The van der Waals surface area contributed by atoms with Crippen LogP contribution in [-0.4, -0.2) is 25.5 Å². The lowest BCUT2D eigenvalue weighted by molar-refractivity contribution is 0.398. The average Bonchev–Trinajstić information content (AvgIpc) is 2.39. The van der Waals surface area contributed by atoms with Crippen molar-refractivity contribution < 1.29 is 13.2 Å². The molecular formula is C11H12N4O3S. The van der Waals surface area contributed by atoms with Crippen LogP contribution in [0, 0.1) is 0 Å². The third-order valence-corrected chi connectivity index (χ3v) is 3.23. The lowest BCUT2D eigenvalue weighted by atomic mass is 10.3. The van der Waals surface area contributed by atoms with Gasteiger partial charge in [0.2, 0.25) is 10.0 Å². The first-order chi connectivity index (χ1) is 9.00. The fourth-order valence-electron chi connectivity index (χ4n) is 1.43. The van der Waals surface area contributed by atoms with Gasteiger partial charge in [-0.2, -0.15) is 0 Å². The van der Waals surface area contributed by atoms with Crippen LogP contribution in [0.15, 0.2) is 41.6 Å². The molecule has 1 aromatic heterocycles. The zero-order chi connectivity index (χ0) is 13.9. The number of hydrogen-bond acceptors (Lipinski definition) is 6. The highest BCUT2D eigenvalue weighted by atomic mass is 32.2. The predicted octanol–water partition coefficient (Wildman–Crippen LogP) is 0.876. The van der Waals surface area contributed by atoms with Gasteiger partial charge >= 0.3 is 0 Å². The summed E-state index contributed by atoms with van der Waals surface area (Å²) in [6, 6.07) is 5.96. The van der Waals surface area contributed by atoms with Crippen LogP contribution in [0.3, 0.4) is 0 Å². The molecule has 3 N–H and O–H groups in total. The van der Waals surface area contributed by atoms with Crippen LogP contribution >= 0.6 is 0 Å². The van der Waals surface area contributed by atoms with Crippen molar-refractivity contribution in [3.63, 3.8) is 0 Å². The summed E-state index contributed by atoms with van der Waals surface area (Å²) in [5.41, 5.74) is 0.645. The Morgan fingerprint density at radius 3 is 2.37 bits per heavy atom. The average molecular weight is 280 g/mol. The van der Waals surface area contributed by atoms with Gasteiger partial charge in [-0.25, -0.2) is 23.5 Å². The molecular weight excluding hydrogens is 268 g/mol. The lowest BCUT2D eigenvalue weighted by Gasteiger charge is -2.08. The summed E-state index contributed by atoms with van der Waals surface area (Å²) in [4.78, 5) is 8.11. The summed E-state index contributed by atoms with van der Waals surface area (Å²) >= 11 is 0. The second-order valence-electron chi connectivity index (χ2n) is 3.61. The van der Waals surface area contributed by atoms with E-state index >= 15 is 0 Å².